The van der Waals surface area contributed by atoms with Crippen LogP contribution in [0.3, 0.4) is 0 Å². The van der Waals surface area contributed by atoms with E-state index in [4.69, 9.17) is 4.74 Å². The van der Waals surface area contributed by atoms with Gasteiger partial charge in [0.15, 0.2) is 0 Å². The summed E-state index contributed by atoms with van der Waals surface area (Å²) in [5, 5.41) is 2.88. The van der Waals surface area contributed by atoms with Crippen LogP contribution < -0.4 is 10.1 Å². The third kappa shape index (κ3) is 5.61. The highest BCUT2D eigenvalue weighted by Gasteiger charge is 2.04. The Kier molecular flexibility index (Phi) is 6.01. The summed E-state index contributed by atoms with van der Waals surface area (Å²) in [6.07, 6.45) is 3.68. The van der Waals surface area contributed by atoms with Gasteiger partial charge in [0.1, 0.15) is 5.75 Å². The number of rotatable bonds is 7. The second kappa shape index (κ2) is 8.84. The van der Waals surface area contributed by atoms with Gasteiger partial charge in [-0.3, -0.25) is 4.79 Å². The van der Waals surface area contributed by atoms with Crippen LogP contribution in [0, 0.1) is 0 Å². The largest absolute Gasteiger partial charge is 0.424 e. The Morgan fingerprint density at radius 2 is 1.68 bits per heavy atom. The molecule has 0 saturated heterocycles. The maximum Gasteiger partial charge on any atom is 0.321 e. The van der Waals surface area contributed by atoms with Crippen molar-refractivity contribution in [3.8, 4) is 11.8 Å². The van der Waals surface area contributed by atoms with Crippen molar-refractivity contribution in [3.63, 3.8) is 0 Å². The van der Waals surface area contributed by atoms with Crippen molar-refractivity contribution in [1.82, 2.24) is 9.97 Å². The summed E-state index contributed by atoms with van der Waals surface area (Å²) in [6.45, 7) is 0. The van der Waals surface area contributed by atoms with E-state index in [0.717, 1.165) is 11.4 Å². The Hall–Kier alpha value is -2.86. The average Bonchev–Trinajstić information content (AvgIpc) is 2.65. The van der Waals surface area contributed by atoms with Crippen LogP contribution in [0.15, 0.2) is 78.0 Å². The SMILES string of the molecule is O=C(CCSc1ccccc1)Nc1ccc(Oc2ncccn2)cc1. The lowest BCUT2D eigenvalue weighted by Gasteiger charge is -2.07. The maximum atomic E-state index is 12.0. The van der Waals surface area contributed by atoms with Crippen molar-refractivity contribution in [2.45, 2.75) is 11.3 Å². The summed E-state index contributed by atoms with van der Waals surface area (Å²) >= 11 is 1.67. The Balaban J connectivity index is 1.45. The zero-order chi connectivity index (χ0) is 17.3. The smallest absolute Gasteiger partial charge is 0.321 e. The molecule has 6 heteroatoms. The minimum atomic E-state index is -0.0107. The zero-order valence-corrected chi connectivity index (χ0v) is 14.3. The Bertz CT molecular complexity index is 796. The second-order valence-corrected chi connectivity index (χ2v) is 6.29. The van der Waals surface area contributed by atoms with Gasteiger partial charge >= 0.3 is 6.01 Å². The second-order valence-electron chi connectivity index (χ2n) is 5.12. The van der Waals surface area contributed by atoms with Crippen molar-refractivity contribution < 1.29 is 9.53 Å². The van der Waals surface area contributed by atoms with E-state index in [2.05, 4.69) is 15.3 Å². The molecule has 2 aromatic carbocycles. The number of benzene rings is 2. The Morgan fingerprint density at radius 1 is 0.960 bits per heavy atom. The molecule has 126 valence electrons. The molecule has 0 aliphatic carbocycles. The highest BCUT2D eigenvalue weighted by molar-refractivity contribution is 7.99. The van der Waals surface area contributed by atoms with Gasteiger partial charge in [0.25, 0.3) is 0 Å². The number of anilines is 1. The Labute approximate surface area is 150 Å². The molecule has 1 N–H and O–H groups in total. The fourth-order valence-electron chi connectivity index (χ4n) is 2.05. The molecule has 3 rings (SSSR count). The predicted molar refractivity (Wildman–Crippen MR) is 99.0 cm³/mol. The molecule has 0 radical (unpaired) electrons. The van der Waals surface area contributed by atoms with Crippen LogP contribution in [0.4, 0.5) is 5.69 Å². The molecule has 0 fully saturated rings. The van der Waals surface area contributed by atoms with Crippen LogP contribution >= 0.6 is 11.8 Å². The fraction of sp³-hybridized carbons (Fsp3) is 0.105. The quantitative estimate of drug-likeness (QED) is 0.640. The first-order valence-electron chi connectivity index (χ1n) is 7.82. The van der Waals surface area contributed by atoms with Crippen molar-refractivity contribution in [2.75, 3.05) is 11.1 Å². The molecule has 1 amide bonds. The fourth-order valence-corrected chi connectivity index (χ4v) is 2.92. The number of hydrogen-bond donors (Lipinski definition) is 1. The zero-order valence-electron chi connectivity index (χ0n) is 13.5. The lowest BCUT2D eigenvalue weighted by molar-refractivity contribution is -0.115. The summed E-state index contributed by atoms with van der Waals surface area (Å²) in [5.41, 5.74) is 0.732. The van der Waals surface area contributed by atoms with Crippen LogP contribution in [0.5, 0.6) is 11.8 Å². The molecule has 0 spiro atoms. The summed E-state index contributed by atoms with van der Waals surface area (Å²) < 4.78 is 5.51. The molecule has 0 aliphatic heterocycles. The molecule has 0 bridgehead atoms. The van der Waals surface area contributed by atoms with Gasteiger partial charge in [-0.05, 0) is 42.5 Å². The predicted octanol–water partition coefficient (Wildman–Crippen LogP) is 4.39. The van der Waals surface area contributed by atoms with Crippen molar-refractivity contribution in [1.29, 1.82) is 0 Å². The van der Waals surface area contributed by atoms with E-state index < -0.39 is 0 Å². The van der Waals surface area contributed by atoms with Gasteiger partial charge < -0.3 is 10.1 Å². The van der Waals surface area contributed by atoms with Crippen molar-refractivity contribution in [3.05, 3.63) is 73.1 Å². The lowest BCUT2D eigenvalue weighted by Crippen LogP contribution is -2.12. The van der Waals surface area contributed by atoms with Crippen LogP contribution in [0.1, 0.15) is 6.42 Å². The topological polar surface area (TPSA) is 64.1 Å². The number of nitrogens with zero attached hydrogens (tertiary/aromatic N) is 2. The van der Waals surface area contributed by atoms with Gasteiger partial charge in [-0.15, -0.1) is 11.8 Å². The number of amides is 1. The number of carbonyl (C=O) groups is 1. The summed E-state index contributed by atoms with van der Waals surface area (Å²) in [7, 11) is 0. The number of aromatic nitrogens is 2. The van der Waals surface area contributed by atoms with Crippen LogP contribution in [0.25, 0.3) is 0 Å². The summed E-state index contributed by atoms with van der Waals surface area (Å²) in [5.74, 6) is 1.34. The van der Waals surface area contributed by atoms with Gasteiger partial charge in [0.05, 0.1) is 0 Å². The number of hydrogen-bond acceptors (Lipinski definition) is 5. The monoisotopic (exact) mass is 351 g/mol. The number of ether oxygens (including phenoxy) is 1. The van der Waals surface area contributed by atoms with E-state index in [1.807, 2.05) is 30.3 Å². The third-order valence-corrected chi connectivity index (χ3v) is 4.24. The molecule has 1 aromatic heterocycles. The summed E-state index contributed by atoms with van der Waals surface area (Å²) in [6, 6.07) is 19.2. The van der Waals surface area contributed by atoms with Gasteiger partial charge in [-0.2, -0.15) is 0 Å². The standard InChI is InChI=1S/C19H17N3O2S/c23-18(11-14-25-17-5-2-1-3-6-17)22-15-7-9-16(10-8-15)24-19-20-12-4-13-21-19/h1-10,12-13H,11,14H2,(H,22,23). The number of carbonyl (C=O) groups excluding carboxylic acids is 1. The van der Waals surface area contributed by atoms with E-state index in [0.29, 0.717) is 12.2 Å². The Morgan fingerprint density at radius 3 is 2.40 bits per heavy atom. The lowest BCUT2D eigenvalue weighted by atomic mass is 10.3. The number of nitrogens with one attached hydrogen (secondary N) is 1. The highest BCUT2D eigenvalue weighted by atomic mass is 32.2. The van der Waals surface area contributed by atoms with Crippen molar-refractivity contribution in [2.24, 2.45) is 0 Å². The first kappa shape index (κ1) is 17.0. The van der Waals surface area contributed by atoms with Crippen LogP contribution in [-0.2, 0) is 4.79 Å². The van der Waals surface area contributed by atoms with Crippen LogP contribution in [-0.4, -0.2) is 21.6 Å². The molecule has 25 heavy (non-hydrogen) atoms. The van der Waals surface area contributed by atoms with Gasteiger partial charge in [0, 0.05) is 35.2 Å². The molecular formula is C19H17N3O2S. The molecule has 3 aromatic rings. The third-order valence-electron chi connectivity index (χ3n) is 3.23. The van der Waals surface area contributed by atoms with Gasteiger partial charge in [0.2, 0.25) is 5.91 Å². The molecule has 0 aliphatic rings. The van der Waals surface area contributed by atoms with E-state index in [9.17, 15) is 4.79 Å². The minimum absolute atomic E-state index is 0.0107. The average molecular weight is 351 g/mol. The molecule has 1 heterocycles. The van der Waals surface area contributed by atoms with E-state index >= 15 is 0 Å². The van der Waals surface area contributed by atoms with E-state index in [1.165, 1.54) is 4.90 Å². The van der Waals surface area contributed by atoms with Crippen LogP contribution in [0.2, 0.25) is 0 Å². The molecule has 0 atom stereocenters. The first-order valence-corrected chi connectivity index (χ1v) is 8.81. The van der Waals surface area contributed by atoms with Gasteiger partial charge in [-0.1, -0.05) is 18.2 Å². The van der Waals surface area contributed by atoms with E-state index in [1.54, 1.807) is 54.5 Å². The summed E-state index contributed by atoms with van der Waals surface area (Å²) in [4.78, 5) is 21.2. The van der Waals surface area contributed by atoms with E-state index in [-0.39, 0.29) is 11.9 Å². The molecule has 0 saturated carbocycles. The van der Waals surface area contributed by atoms with Gasteiger partial charge in [-0.25, -0.2) is 9.97 Å². The molecular weight excluding hydrogens is 334 g/mol. The maximum absolute atomic E-state index is 12.0. The number of thioether (sulfide) groups is 1. The molecule has 5 nitrogen and oxygen atoms in total. The molecule has 0 unspecified atom stereocenters. The highest BCUT2D eigenvalue weighted by Crippen LogP contribution is 2.21. The first-order chi connectivity index (χ1) is 12.3. The normalized spacial score (nSPS) is 10.2. The van der Waals surface area contributed by atoms with Crippen molar-refractivity contribution >= 4 is 23.4 Å². The minimum Gasteiger partial charge on any atom is -0.424 e.